The van der Waals surface area contributed by atoms with Gasteiger partial charge in [-0.3, -0.25) is 0 Å². The monoisotopic (exact) mass is 334 g/mol. The summed E-state index contributed by atoms with van der Waals surface area (Å²) in [6, 6.07) is 14.9. The number of aliphatic carboxylic acids is 1. The lowest BCUT2D eigenvalue weighted by Gasteiger charge is -2.15. The largest absolute Gasteiger partial charge is 0.478 e. The molecule has 2 rings (SSSR count). The number of hydrogen-bond acceptors (Lipinski definition) is 2. The Labute approximate surface area is 126 Å². The predicted octanol–water partition coefficient (Wildman–Crippen LogP) is 3.83. The van der Waals surface area contributed by atoms with Crippen LogP contribution in [0.15, 0.2) is 53.0 Å². The van der Waals surface area contributed by atoms with Gasteiger partial charge in [0, 0.05) is 10.9 Å². The van der Waals surface area contributed by atoms with Gasteiger partial charge in [0.15, 0.2) is 6.10 Å². The molecule has 2 aromatic rings. The Morgan fingerprint density at radius 2 is 1.75 bits per heavy atom. The fraction of sp³-hybridized carbons (Fsp3) is 0.188. The van der Waals surface area contributed by atoms with Crippen LogP contribution in [0.1, 0.15) is 11.1 Å². The van der Waals surface area contributed by atoms with Crippen LogP contribution < -0.4 is 4.74 Å². The third kappa shape index (κ3) is 4.10. The van der Waals surface area contributed by atoms with E-state index in [1.54, 1.807) is 12.1 Å². The molecule has 104 valence electrons. The van der Waals surface area contributed by atoms with Gasteiger partial charge in [-0.25, -0.2) is 4.79 Å². The number of carbonyl (C=O) groups is 1. The first-order valence-electron chi connectivity index (χ1n) is 6.25. The van der Waals surface area contributed by atoms with Crippen LogP contribution in [0.5, 0.6) is 5.75 Å². The molecular weight excluding hydrogens is 320 g/mol. The highest BCUT2D eigenvalue weighted by atomic mass is 79.9. The number of benzene rings is 2. The summed E-state index contributed by atoms with van der Waals surface area (Å²) in [4.78, 5) is 11.3. The molecule has 0 saturated heterocycles. The van der Waals surface area contributed by atoms with Crippen LogP contribution in [0, 0.1) is 6.92 Å². The standard InChI is InChI=1S/C16H15BrO3/c1-11-2-8-14(9-3-11)20-15(16(18)19)10-12-4-6-13(17)7-5-12/h2-9,15H,10H2,1H3,(H,18,19)/t15-/m1/s1. The van der Waals surface area contributed by atoms with E-state index in [4.69, 9.17) is 4.74 Å². The lowest BCUT2D eigenvalue weighted by Crippen LogP contribution is -2.29. The van der Waals surface area contributed by atoms with Gasteiger partial charge >= 0.3 is 5.97 Å². The minimum absolute atomic E-state index is 0.330. The molecule has 0 radical (unpaired) electrons. The molecule has 1 N–H and O–H groups in total. The molecule has 0 aliphatic rings. The highest BCUT2D eigenvalue weighted by Crippen LogP contribution is 2.17. The quantitative estimate of drug-likeness (QED) is 0.903. The zero-order valence-electron chi connectivity index (χ0n) is 11.0. The van der Waals surface area contributed by atoms with Crippen molar-refractivity contribution < 1.29 is 14.6 Å². The maximum absolute atomic E-state index is 11.3. The third-order valence-corrected chi connectivity index (χ3v) is 3.44. The summed E-state index contributed by atoms with van der Waals surface area (Å²) in [6.45, 7) is 1.97. The number of ether oxygens (including phenoxy) is 1. The first-order valence-corrected chi connectivity index (χ1v) is 7.04. The van der Waals surface area contributed by atoms with Crippen molar-refractivity contribution in [1.29, 1.82) is 0 Å². The summed E-state index contributed by atoms with van der Waals surface area (Å²) >= 11 is 3.35. The second-order valence-corrected chi connectivity index (χ2v) is 5.50. The van der Waals surface area contributed by atoms with E-state index in [1.807, 2.05) is 43.3 Å². The average Bonchev–Trinajstić information content (AvgIpc) is 2.42. The fourth-order valence-electron chi connectivity index (χ4n) is 1.80. The second kappa shape index (κ2) is 6.57. The molecule has 0 aliphatic heterocycles. The van der Waals surface area contributed by atoms with Crippen LogP contribution in [0.4, 0.5) is 0 Å². The topological polar surface area (TPSA) is 46.5 Å². The minimum atomic E-state index is -0.964. The summed E-state index contributed by atoms with van der Waals surface area (Å²) in [5.41, 5.74) is 2.03. The Balaban J connectivity index is 2.09. The van der Waals surface area contributed by atoms with Crippen molar-refractivity contribution in [1.82, 2.24) is 0 Å². The van der Waals surface area contributed by atoms with Crippen molar-refractivity contribution in [3.05, 3.63) is 64.1 Å². The normalized spacial score (nSPS) is 11.9. The van der Waals surface area contributed by atoms with Gasteiger partial charge in [0.2, 0.25) is 0 Å². The average molecular weight is 335 g/mol. The Morgan fingerprint density at radius 3 is 2.30 bits per heavy atom. The Bertz CT molecular complexity index is 528. The Kier molecular flexibility index (Phi) is 4.79. The SMILES string of the molecule is Cc1ccc(O[C@H](Cc2ccc(Br)cc2)C(=O)O)cc1. The zero-order chi connectivity index (χ0) is 14.5. The van der Waals surface area contributed by atoms with Gasteiger partial charge in [0.1, 0.15) is 5.75 Å². The maximum Gasteiger partial charge on any atom is 0.345 e. The molecule has 4 heteroatoms. The van der Waals surface area contributed by atoms with Crippen LogP contribution in [-0.4, -0.2) is 17.2 Å². The number of carboxylic acids is 1. The van der Waals surface area contributed by atoms with E-state index < -0.39 is 12.1 Å². The van der Waals surface area contributed by atoms with Crippen LogP contribution >= 0.6 is 15.9 Å². The Hall–Kier alpha value is -1.81. The number of halogens is 1. The van der Waals surface area contributed by atoms with Gasteiger partial charge in [-0.15, -0.1) is 0 Å². The van der Waals surface area contributed by atoms with Crippen molar-refractivity contribution >= 4 is 21.9 Å². The highest BCUT2D eigenvalue weighted by Gasteiger charge is 2.20. The van der Waals surface area contributed by atoms with Crippen LogP contribution in [0.2, 0.25) is 0 Å². The van der Waals surface area contributed by atoms with Crippen LogP contribution in [0.25, 0.3) is 0 Å². The highest BCUT2D eigenvalue weighted by molar-refractivity contribution is 9.10. The van der Waals surface area contributed by atoms with E-state index in [9.17, 15) is 9.90 Å². The summed E-state index contributed by atoms with van der Waals surface area (Å²) in [5, 5.41) is 9.27. The molecule has 0 saturated carbocycles. The molecule has 1 atom stereocenters. The predicted molar refractivity (Wildman–Crippen MR) is 81.1 cm³/mol. The van der Waals surface area contributed by atoms with Gasteiger partial charge in [0.25, 0.3) is 0 Å². The van der Waals surface area contributed by atoms with E-state index in [2.05, 4.69) is 15.9 Å². The van der Waals surface area contributed by atoms with Gasteiger partial charge < -0.3 is 9.84 Å². The van der Waals surface area contributed by atoms with E-state index in [0.717, 1.165) is 15.6 Å². The minimum Gasteiger partial charge on any atom is -0.478 e. The molecule has 0 heterocycles. The number of carboxylic acid groups (broad SMARTS) is 1. The van der Waals surface area contributed by atoms with E-state index in [0.29, 0.717) is 12.2 Å². The van der Waals surface area contributed by atoms with Gasteiger partial charge in [-0.05, 0) is 36.8 Å². The summed E-state index contributed by atoms with van der Waals surface area (Å²) < 4.78 is 6.52. The lowest BCUT2D eigenvalue weighted by atomic mass is 10.1. The molecule has 0 amide bonds. The van der Waals surface area contributed by atoms with Gasteiger partial charge in [0.05, 0.1) is 0 Å². The number of aryl methyl sites for hydroxylation is 1. The van der Waals surface area contributed by atoms with Crippen LogP contribution in [0.3, 0.4) is 0 Å². The lowest BCUT2D eigenvalue weighted by molar-refractivity contribution is -0.145. The van der Waals surface area contributed by atoms with Gasteiger partial charge in [-0.2, -0.15) is 0 Å². The van der Waals surface area contributed by atoms with Crippen LogP contribution in [-0.2, 0) is 11.2 Å². The molecule has 0 unspecified atom stereocenters. The van der Waals surface area contributed by atoms with Crippen molar-refractivity contribution in [2.75, 3.05) is 0 Å². The number of hydrogen-bond donors (Lipinski definition) is 1. The second-order valence-electron chi connectivity index (χ2n) is 4.59. The van der Waals surface area contributed by atoms with E-state index >= 15 is 0 Å². The van der Waals surface area contributed by atoms with E-state index in [-0.39, 0.29) is 0 Å². The first kappa shape index (κ1) is 14.6. The van der Waals surface area contributed by atoms with Gasteiger partial charge in [-0.1, -0.05) is 45.8 Å². The molecule has 0 fully saturated rings. The van der Waals surface area contributed by atoms with Crippen molar-refractivity contribution in [3.8, 4) is 5.75 Å². The van der Waals surface area contributed by atoms with E-state index in [1.165, 1.54) is 0 Å². The summed E-state index contributed by atoms with van der Waals surface area (Å²) in [5.74, 6) is -0.395. The molecule has 0 spiro atoms. The molecule has 3 nitrogen and oxygen atoms in total. The third-order valence-electron chi connectivity index (χ3n) is 2.91. The van der Waals surface area contributed by atoms with Crippen molar-refractivity contribution in [3.63, 3.8) is 0 Å². The number of rotatable bonds is 5. The molecule has 0 aromatic heterocycles. The molecule has 2 aromatic carbocycles. The first-order chi connectivity index (χ1) is 9.54. The fourth-order valence-corrected chi connectivity index (χ4v) is 2.06. The Morgan fingerprint density at radius 1 is 1.15 bits per heavy atom. The molecule has 20 heavy (non-hydrogen) atoms. The summed E-state index contributed by atoms with van der Waals surface area (Å²) in [7, 11) is 0. The molecular formula is C16H15BrO3. The maximum atomic E-state index is 11.3. The molecule has 0 bridgehead atoms. The summed E-state index contributed by atoms with van der Waals surface area (Å²) in [6.07, 6.45) is -0.560. The smallest absolute Gasteiger partial charge is 0.345 e. The molecule has 0 aliphatic carbocycles. The zero-order valence-corrected chi connectivity index (χ0v) is 12.6. The van der Waals surface area contributed by atoms with Crippen molar-refractivity contribution in [2.45, 2.75) is 19.4 Å². The van der Waals surface area contributed by atoms with Crippen molar-refractivity contribution in [2.24, 2.45) is 0 Å².